The van der Waals surface area contributed by atoms with Crippen molar-refractivity contribution in [2.45, 2.75) is 71.4 Å². The minimum absolute atomic E-state index is 0.0846. The molecule has 3 rings (SSSR count). The third kappa shape index (κ3) is 7.32. The lowest BCUT2D eigenvalue weighted by Crippen LogP contribution is -2.52. The molecule has 0 aromatic heterocycles. The van der Waals surface area contributed by atoms with E-state index in [1.807, 2.05) is 63.2 Å². The highest BCUT2D eigenvalue weighted by atomic mass is 79.9. The topological polar surface area (TPSA) is 58.6 Å². The number of rotatable bonds is 9. The molecule has 1 aliphatic carbocycles. The molecule has 1 saturated carbocycles. The van der Waals surface area contributed by atoms with E-state index in [1.165, 1.54) is 6.42 Å². The molecule has 0 heterocycles. The maximum atomic E-state index is 13.2. The smallest absolute Gasteiger partial charge is 0.261 e. The first-order valence-electron chi connectivity index (χ1n) is 11.9. The number of nitrogens with one attached hydrogen (secondary N) is 1. The molecule has 2 amide bonds. The second-order valence-corrected chi connectivity index (χ2v) is 9.79. The first-order chi connectivity index (χ1) is 15.8. The number of amides is 2. The summed E-state index contributed by atoms with van der Waals surface area (Å²) in [4.78, 5) is 27.9. The Balaban J connectivity index is 1.67. The number of aryl methyl sites for hydroxylation is 2. The Morgan fingerprint density at radius 1 is 1.09 bits per heavy atom. The molecule has 1 aliphatic rings. The molecule has 2 aromatic rings. The van der Waals surface area contributed by atoms with Gasteiger partial charge in [-0.3, -0.25) is 9.59 Å². The summed E-state index contributed by atoms with van der Waals surface area (Å²) < 4.78 is 6.89. The van der Waals surface area contributed by atoms with E-state index in [4.69, 9.17) is 4.74 Å². The average Bonchev–Trinajstić information content (AvgIpc) is 2.82. The van der Waals surface area contributed by atoms with E-state index < -0.39 is 6.04 Å². The Morgan fingerprint density at radius 2 is 1.73 bits per heavy atom. The highest BCUT2D eigenvalue weighted by molar-refractivity contribution is 9.10. The molecule has 6 heteroatoms. The van der Waals surface area contributed by atoms with Crippen molar-refractivity contribution in [1.29, 1.82) is 0 Å². The van der Waals surface area contributed by atoms with Gasteiger partial charge in [-0.25, -0.2) is 0 Å². The van der Waals surface area contributed by atoms with Crippen LogP contribution in [0.5, 0.6) is 5.75 Å². The highest BCUT2D eigenvalue weighted by Gasteiger charge is 2.28. The maximum Gasteiger partial charge on any atom is 0.261 e. The van der Waals surface area contributed by atoms with Crippen molar-refractivity contribution in [3.8, 4) is 5.75 Å². The standard InChI is InChI=1S/C27H35BrN2O3/c1-19-16-24(17-20(2)26(19)28)33-18-25(31)30(15-14-22-10-6-4-7-11-22)21(3)27(32)29-23-12-8-5-9-13-23/h4,6-7,10-11,16-17,21,23H,5,8-9,12-15,18H2,1-3H3,(H,29,32)/t21-/m1/s1. The monoisotopic (exact) mass is 514 g/mol. The van der Waals surface area contributed by atoms with Gasteiger partial charge in [0.05, 0.1) is 0 Å². The summed E-state index contributed by atoms with van der Waals surface area (Å²) in [5.41, 5.74) is 3.24. The Kier molecular flexibility index (Phi) is 9.36. The first kappa shape index (κ1) is 25.3. The lowest BCUT2D eigenvalue weighted by Gasteiger charge is -2.31. The van der Waals surface area contributed by atoms with Crippen LogP contribution in [0.2, 0.25) is 0 Å². The van der Waals surface area contributed by atoms with Crippen LogP contribution in [0.15, 0.2) is 46.9 Å². The molecule has 33 heavy (non-hydrogen) atoms. The Bertz CT molecular complexity index is 919. The number of nitrogens with zero attached hydrogens (tertiary/aromatic N) is 1. The lowest BCUT2D eigenvalue weighted by atomic mass is 9.95. The Morgan fingerprint density at radius 3 is 2.36 bits per heavy atom. The second kappa shape index (κ2) is 12.2. The van der Waals surface area contributed by atoms with E-state index in [-0.39, 0.29) is 24.5 Å². The molecule has 0 saturated heterocycles. The zero-order valence-corrected chi connectivity index (χ0v) is 21.5. The van der Waals surface area contributed by atoms with Gasteiger partial charge in [-0.2, -0.15) is 0 Å². The minimum atomic E-state index is -0.555. The van der Waals surface area contributed by atoms with Gasteiger partial charge in [-0.05, 0) is 68.9 Å². The predicted molar refractivity (Wildman–Crippen MR) is 135 cm³/mol. The molecule has 0 unspecified atom stereocenters. The molecule has 1 atom stereocenters. The number of benzene rings is 2. The Labute approximate surface area is 206 Å². The molecule has 1 N–H and O–H groups in total. The molecule has 2 aromatic carbocycles. The van der Waals surface area contributed by atoms with Crippen molar-refractivity contribution < 1.29 is 14.3 Å². The number of hydrogen-bond acceptors (Lipinski definition) is 3. The van der Waals surface area contributed by atoms with Crippen molar-refractivity contribution in [2.75, 3.05) is 13.2 Å². The molecule has 0 bridgehead atoms. The zero-order chi connectivity index (χ0) is 23.8. The summed E-state index contributed by atoms with van der Waals surface area (Å²) in [7, 11) is 0. The van der Waals surface area contributed by atoms with Crippen LogP contribution in [-0.4, -0.2) is 41.9 Å². The summed E-state index contributed by atoms with van der Waals surface area (Å²) in [6.45, 7) is 6.17. The van der Waals surface area contributed by atoms with Gasteiger partial charge in [-0.1, -0.05) is 65.5 Å². The van der Waals surface area contributed by atoms with Crippen LogP contribution >= 0.6 is 15.9 Å². The third-order valence-corrected chi connectivity index (χ3v) is 7.63. The number of carbonyl (C=O) groups excluding carboxylic acids is 2. The van der Waals surface area contributed by atoms with Crippen molar-refractivity contribution in [3.05, 3.63) is 63.6 Å². The van der Waals surface area contributed by atoms with Gasteiger partial charge in [0, 0.05) is 17.1 Å². The van der Waals surface area contributed by atoms with Crippen molar-refractivity contribution in [2.24, 2.45) is 0 Å². The second-order valence-electron chi connectivity index (χ2n) is 9.00. The first-order valence-corrected chi connectivity index (χ1v) is 12.7. The molecule has 178 valence electrons. The summed E-state index contributed by atoms with van der Waals surface area (Å²) in [5.74, 6) is 0.387. The molecule has 0 radical (unpaired) electrons. The van der Waals surface area contributed by atoms with Gasteiger partial charge in [0.2, 0.25) is 5.91 Å². The van der Waals surface area contributed by atoms with Gasteiger partial charge in [-0.15, -0.1) is 0 Å². The molecule has 1 fully saturated rings. The summed E-state index contributed by atoms with van der Waals surface area (Å²) in [6, 6.07) is 13.5. The molecular weight excluding hydrogens is 480 g/mol. The van der Waals surface area contributed by atoms with Gasteiger partial charge in [0.15, 0.2) is 6.61 Å². The maximum absolute atomic E-state index is 13.2. The summed E-state index contributed by atoms with van der Waals surface area (Å²) >= 11 is 3.56. The van der Waals surface area contributed by atoms with E-state index in [9.17, 15) is 9.59 Å². The number of ether oxygens (including phenoxy) is 1. The fourth-order valence-electron chi connectivity index (χ4n) is 4.36. The van der Waals surface area contributed by atoms with Gasteiger partial charge in [0.1, 0.15) is 11.8 Å². The van der Waals surface area contributed by atoms with E-state index in [0.29, 0.717) is 18.7 Å². The molecule has 0 aliphatic heterocycles. The quantitative estimate of drug-likeness (QED) is 0.490. The van der Waals surface area contributed by atoms with Crippen LogP contribution in [0.25, 0.3) is 0 Å². The van der Waals surface area contributed by atoms with E-state index in [1.54, 1.807) is 4.90 Å². The average molecular weight is 515 g/mol. The minimum Gasteiger partial charge on any atom is -0.484 e. The van der Waals surface area contributed by atoms with E-state index in [2.05, 4.69) is 21.2 Å². The van der Waals surface area contributed by atoms with Gasteiger partial charge < -0.3 is 15.0 Å². The SMILES string of the molecule is Cc1cc(OCC(=O)N(CCc2ccccc2)[C@H](C)C(=O)NC2CCCCC2)cc(C)c1Br. The van der Waals surface area contributed by atoms with Crippen LogP contribution < -0.4 is 10.1 Å². The molecule has 0 spiro atoms. The molecular formula is C27H35BrN2O3. The van der Waals surface area contributed by atoms with Gasteiger partial charge >= 0.3 is 0 Å². The lowest BCUT2D eigenvalue weighted by molar-refractivity contribution is -0.141. The fourth-order valence-corrected chi connectivity index (χ4v) is 4.59. The van der Waals surface area contributed by atoms with Crippen molar-refractivity contribution in [1.82, 2.24) is 10.2 Å². The Hall–Kier alpha value is -2.34. The highest BCUT2D eigenvalue weighted by Crippen LogP contribution is 2.26. The van der Waals surface area contributed by atoms with Crippen LogP contribution in [-0.2, 0) is 16.0 Å². The van der Waals surface area contributed by atoms with E-state index >= 15 is 0 Å². The normalized spacial score (nSPS) is 15.0. The number of halogens is 1. The largest absolute Gasteiger partial charge is 0.484 e. The zero-order valence-electron chi connectivity index (χ0n) is 19.9. The fraction of sp³-hybridized carbons (Fsp3) is 0.481. The van der Waals surface area contributed by atoms with Crippen LogP contribution in [0.3, 0.4) is 0 Å². The van der Waals surface area contributed by atoms with Crippen molar-refractivity contribution in [3.63, 3.8) is 0 Å². The molecule has 5 nitrogen and oxygen atoms in total. The summed E-state index contributed by atoms with van der Waals surface area (Å²) in [5, 5.41) is 3.17. The number of carbonyl (C=O) groups is 2. The number of hydrogen-bond donors (Lipinski definition) is 1. The predicted octanol–water partition coefficient (Wildman–Crippen LogP) is 5.35. The summed E-state index contributed by atoms with van der Waals surface area (Å²) in [6.07, 6.45) is 6.25. The van der Waals surface area contributed by atoms with Gasteiger partial charge in [0.25, 0.3) is 5.91 Å². The van der Waals surface area contributed by atoms with Crippen LogP contribution in [0.4, 0.5) is 0 Å². The van der Waals surface area contributed by atoms with Crippen LogP contribution in [0, 0.1) is 13.8 Å². The third-order valence-electron chi connectivity index (χ3n) is 6.38. The van der Waals surface area contributed by atoms with E-state index in [0.717, 1.165) is 46.8 Å². The van der Waals surface area contributed by atoms with Crippen LogP contribution in [0.1, 0.15) is 55.7 Å². The van der Waals surface area contributed by atoms with Crippen molar-refractivity contribution >= 4 is 27.7 Å².